The van der Waals surface area contributed by atoms with Crippen LogP contribution in [0.25, 0.3) is 0 Å². The van der Waals surface area contributed by atoms with Crippen LogP contribution in [0, 0.1) is 30.9 Å². The first-order chi connectivity index (χ1) is 3.50. The molecule has 0 heterocycles. The van der Waals surface area contributed by atoms with Crippen LogP contribution in [-0.2, 0) is 21.7 Å². The van der Waals surface area contributed by atoms with E-state index in [0.717, 1.165) is 0 Å². The number of hydrogen-bond acceptors (Lipinski definition) is 0. The zero-order valence-corrected chi connectivity index (χ0v) is 5.04. The van der Waals surface area contributed by atoms with Gasteiger partial charge in [-0.1, -0.05) is 0 Å². The van der Waals surface area contributed by atoms with Crippen molar-refractivity contribution in [3.05, 3.63) is 37.0 Å². The van der Waals surface area contributed by atoms with Gasteiger partial charge in [-0.2, -0.15) is 0 Å². The van der Waals surface area contributed by atoms with Gasteiger partial charge in [-0.15, -0.1) is 0 Å². The summed E-state index contributed by atoms with van der Waals surface area (Å²) < 4.78 is 7.50. The van der Waals surface area contributed by atoms with Crippen LogP contribution >= 0.6 is 0 Å². The molecule has 1 radical (unpaired) electrons. The van der Waals surface area contributed by atoms with E-state index in [4.69, 9.17) is 4.65 Å². The van der Waals surface area contributed by atoms with E-state index in [-0.39, 0.29) is 17.1 Å². The van der Waals surface area contributed by atoms with E-state index in [1.54, 1.807) is 6.07 Å². The molecular formula is C6HMnO-5. The summed E-state index contributed by atoms with van der Waals surface area (Å²) in [7, 11) is 0. The zero-order valence-electron chi connectivity index (χ0n) is 3.86. The molecule has 2 heteroatoms. The molecule has 0 unspecified atom stereocenters. The van der Waals surface area contributed by atoms with Crippen molar-refractivity contribution in [3.63, 3.8) is 0 Å². The Morgan fingerprint density at radius 1 is 1.12 bits per heavy atom. The molecular weight excluding hydrogens is 143 g/mol. The van der Waals surface area contributed by atoms with Crippen molar-refractivity contribution < 1.29 is 21.7 Å². The van der Waals surface area contributed by atoms with Crippen LogP contribution in [0.15, 0.2) is 6.07 Å². The van der Waals surface area contributed by atoms with E-state index < -0.39 is 0 Å². The van der Waals surface area contributed by atoms with Crippen molar-refractivity contribution in [2.24, 2.45) is 0 Å². The summed E-state index contributed by atoms with van der Waals surface area (Å²) in [6, 6.07) is 12.0. The first kappa shape index (κ1) is 10.6. The fourth-order valence-electron chi connectivity index (χ4n) is 0.180. The molecule has 0 aliphatic rings. The topological polar surface area (TPSA) is 19.9 Å². The van der Waals surface area contributed by atoms with E-state index in [0.29, 0.717) is 0 Å². The number of rotatable bonds is 0. The van der Waals surface area contributed by atoms with Gasteiger partial charge in [0.25, 0.3) is 0 Å². The third-order valence-corrected chi connectivity index (χ3v) is 0.351. The molecule has 0 aliphatic heterocycles. The van der Waals surface area contributed by atoms with Crippen LogP contribution in [-0.4, -0.2) is 0 Å². The van der Waals surface area contributed by atoms with Gasteiger partial charge in [0.1, 0.15) is 0 Å². The minimum atomic E-state index is 0. The Morgan fingerprint density at radius 3 is 1.62 bits per heavy atom. The summed E-state index contributed by atoms with van der Waals surface area (Å²) in [5.74, 6) is 0. The van der Waals surface area contributed by atoms with Crippen LogP contribution in [0.3, 0.4) is 0 Å². The van der Waals surface area contributed by atoms with Crippen LogP contribution in [0.5, 0.6) is 0 Å². The van der Waals surface area contributed by atoms with Gasteiger partial charge in [0.15, 0.2) is 0 Å². The molecule has 1 aromatic rings. The fourth-order valence-corrected chi connectivity index (χ4v) is 0.180. The van der Waals surface area contributed by atoms with Crippen molar-refractivity contribution in [2.45, 2.75) is 0 Å². The van der Waals surface area contributed by atoms with Gasteiger partial charge >= 0.3 is 11.3 Å². The molecule has 0 N–H and O–H groups in total. The predicted molar refractivity (Wildman–Crippen MR) is 21.3 cm³/mol. The average molecular weight is 144 g/mol. The van der Waals surface area contributed by atoms with E-state index in [2.05, 4.69) is 30.9 Å². The molecule has 0 saturated carbocycles. The Labute approximate surface area is 59.3 Å². The largest absolute Gasteiger partial charge is 0.999 e. The van der Waals surface area contributed by atoms with E-state index >= 15 is 0 Å². The fraction of sp³-hybridized carbons (Fsp3) is 0. The van der Waals surface area contributed by atoms with E-state index in [1.165, 1.54) is 0 Å². The molecule has 0 saturated heterocycles. The third kappa shape index (κ3) is 5.61. The summed E-state index contributed by atoms with van der Waals surface area (Å²) in [5, 5.41) is 0. The Morgan fingerprint density at radius 2 is 1.50 bits per heavy atom. The van der Waals surface area contributed by atoms with Crippen molar-refractivity contribution >= 4 is 0 Å². The average Bonchev–Trinajstić information content (AvgIpc) is 2.23. The molecule has 43 valence electrons. The second kappa shape index (κ2) is 9.79. The molecule has 1 nitrogen and oxygen atoms in total. The molecule has 0 bridgehead atoms. The molecule has 0 amide bonds. The quantitative estimate of drug-likeness (QED) is 0.288. The summed E-state index contributed by atoms with van der Waals surface area (Å²) >= 11 is 0. The second-order valence-electron chi connectivity index (χ2n) is 0.683. The minimum Gasteiger partial charge on any atom is -0.999 e. The van der Waals surface area contributed by atoms with Crippen LogP contribution in [0.4, 0.5) is 0 Å². The second-order valence-corrected chi connectivity index (χ2v) is 0.683. The van der Waals surface area contributed by atoms with Crippen LogP contribution in [0.2, 0.25) is 0 Å². The van der Waals surface area contributed by atoms with E-state index in [1.807, 2.05) is 0 Å². The number of hydrogen-bond donors (Lipinski definition) is 0. The van der Waals surface area contributed by atoms with Crippen LogP contribution in [0.1, 0.15) is 0 Å². The van der Waals surface area contributed by atoms with Crippen molar-refractivity contribution in [1.29, 1.82) is 0 Å². The normalized spacial score (nSPS) is 5.25. The van der Waals surface area contributed by atoms with Gasteiger partial charge in [0.2, 0.25) is 0 Å². The van der Waals surface area contributed by atoms with Crippen molar-refractivity contribution in [1.82, 2.24) is 0 Å². The standard InChI is InChI=1S/C5H.CO.Mn/c1-2-4-5-3-1;1-2;/h1H;;/q-5;;. The van der Waals surface area contributed by atoms with Crippen molar-refractivity contribution in [2.75, 3.05) is 0 Å². The van der Waals surface area contributed by atoms with E-state index in [9.17, 15) is 0 Å². The molecule has 0 aromatic heterocycles. The maximum absolute atomic E-state index is 7.50. The molecule has 0 spiro atoms. The van der Waals surface area contributed by atoms with Crippen LogP contribution < -0.4 is 0 Å². The molecule has 1 rings (SSSR count). The molecule has 0 aliphatic carbocycles. The molecule has 0 atom stereocenters. The maximum atomic E-state index is 7.50. The van der Waals surface area contributed by atoms with Gasteiger partial charge in [0.05, 0.1) is 0 Å². The molecule has 1 aromatic carbocycles. The Kier molecular flexibility index (Phi) is 12.9. The summed E-state index contributed by atoms with van der Waals surface area (Å²) in [6.07, 6.45) is 0. The molecule has 0 fully saturated rings. The van der Waals surface area contributed by atoms with Gasteiger partial charge in [-0.25, -0.2) is 0 Å². The first-order valence-corrected chi connectivity index (χ1v) is 1.53. The molecule has 8 heavy (non-hydrogen) atoms. The Balaban J connectivity index is 0. The van der Waals surface area contributed by atoms with Gasteiger partial charge in [0, 0.05) is 17.1 Å². The maximum Gasteiger partial charge on any atom is 0 e. The summed E-state index contributed by atoms with van der Waals surface area (Å²) in [5.41, 5.74) is 0. The minimum absolute atomic E-state index is 0. The Hall–Kier alpha value is -0.391. The summed E-state index contributed by atoms with van der Waals surface area (Å²) in [4.78, 5) is 0. The first-order valence-electron chi connectivity index (χ1n) is 1.53. The zero-order chi connectivity index (χ0) is 5.54. The van der Waals surface area contributed by atoms with Gasteiger partial charge < -0.3 is 30.3 Å². The third-order valence-electron chi connectivity index (χ3n) is 0.351. The smallest absolute Gasteiger partial charge is 0 e. The Bertz CT molecular complexity index is 92.1. The van der Waals surface area contributed by atoms with Gasteiger partial charge in [-0.3, -0.25) is 0 Å². The SMILES string of the molecule is [C-]#[O+].[Mn].[c-]1[c-][c-][cH-][c-]1. The monoisotopic (exact) mass is 144 g/mol. The van der Waals surface area contributed by atoms with Crippen molar-refractivity contribution in [3.8, 4) is 0 Å². The van der Waals surface area contributed by atoms with Gasteiger partial charge in [-0.05, 0) is 0 Å². The predicted octanol–water partition coefficient (Wildman–Crippen LogP) is 0.566. The summed E-state index contributed by atoms with van der Waals surface area (Å²) in [6.45, 7) is 4.50.